The quantitative estimate of drug-likeness (QED) is 0.354. The summed E-state index contributed by atoms with van der Waals surface area (Å²) in [5, 5.41) is 4.02. The molecule has 1 N–H and O–H groups in total. The number of rotatable bonds is 11. The number of nitrogens with one attached hydrogen (secondary N) is 1. The van der Waals surface area contributed by atoms with Crippen molar-refractivity contribution < 1.29 is 23.7 Å². The first kappa shape index (κ1) is 21.8. The molecule has 0 spiro atoms. The SMILES string of the molecule is C=CCOc1ccc(/C=N/NC(=O)c2ccc(OC)c(OCC)c2)cc1OCC. The number of methoxy groups -OCH3 is 1. The fourth-order valence-corrected chi connectivity index (χ4v) is 2.46. The lowest BCUT2D eigenvalue weighted by Crippen LogP contribution is -2.17. The summed E-state index contributed by atoms with van der Waals surface area (Å²) in [7, 11) is 1.55. The number of nitrogens with zero attached hydrogens (tertiary/aromatic N) is 1. The summed E-state index contributed by atoms with van der Waals surface area (Å²) < 4.78 is 21.9. The monoisotopic (exact) mass is 398 g/mol. The maximum Gasteiger partial charge on any atom is 0.271 e. The minimum Gasteiger partial charge on any atom is -0.493 e. The summed E-state index contributed by atoms with van der Waals surface area (Å²) in [4.78, 5) is 12.4. The second-order valence-electron chi connectivity index (χ2n) is 5.74. The summed E-state index contributed by atoms with van der Waals surface area (Å²) >= 11 is 0. The van der Waals surface area contributed by atoms with E-state index in [1.54, 1.807) is 43.5 Å². The van der Waals surface area contributed by atoms with Crippen molar-refractivity contribution in [3.05, 3.63) is 60.2 Å². The first-order chi connectivity index (χ1) is 14.1. The van der Waals surface area contributed by atoms with Crippen molar-refractivity contribution in [3.63, 3.8) is 0 Å². The van der Waals surface area contributed by atoms with Crippen LogP contribution in [0.2, 0.25) is 0 Å². The zero-order valence-electron chi connectivity index (χ0n) is 16.9. The highest BCUT2D eigenvalue weighted by molar-refractivity contribution is 5.95. The fourth-order valence-electron chi connectivity index (χ4n) is 2.46. The van der Waals surface area contributed by atoms with Crippen LogP contribution < -0.4 is 24.4 Å². The van der Waals surface area contributed by atoms with E-state index in [9.17, 15) is 4.79 Å². The summed E-state index contributed by atoms with van der Waals surface area (Å²) in [6.45, 7) is 8.74. The van der Waals surface area contributed by atoms with Crippen LogP contribution in [-0.4, -0.2) is 39.1 Å². The van der Waals surface area contributed by atoms with Gasteiger partial charge in [0.15, 0.2) is 23.0 Å². The number of benzene rings is 2. The van der Waals surface area contributed by atoms with Crippen molar-refractivity contribution in [2.24, 2.45) is 5.10 Å². The van der Waals surface area contributed by atoms with Gasteiger partial charge in [-0.15, -0.1) is 0 Å². The number of carbonyl (C=O) groups is 1. The second-order valence-corrected chi connectivity index (χ2v) is 5.74. The number of ether oxygens (including phenoxy) is 4. The van der Waals surface area contributed by atoms with E-state index in [0.29, 0.717) is 48.4 Å². The van der Waals surface area contributed by atoms with Gasteiger partial charge in [-0.2, -0.15) is 5.10 Å². The van der Waals surface area contributed by atoms with Gasteiger partial charge in [-0.05, 0) is 55.8 Å². The third-order valence-electron chi connectivity index (χ3n) is 3.73. The highest BCUT2D eigenvalue weighted by Gasteiger charge is 2.11. The number of hydrogen-bond donors (Lipinski definition) is 1. The first-order valence-electron chi connectivity index (χ1n) is 9.27. The molecule has 154 valence electrons. The van der Waals surface area contributed by atoms with Crippen LogP contribution in [0.1, 0.15) is 29.8 Å². The normalized spacial score (nSPS) is 10.4. The molecule has 0 radical (unpaired) electrons. The average Bonchev–Trinajstić information content (AvgIpc) is 2.73. The molecule has 7 nitrogen and oxygen atoms in total. The Balaban J connectivity index is 2.08. The van der Waals surface area contributed by atoms with Gasteiger partial charge in [0, 0.05) is 5.56 Å². The molecule has 0 aromatic heterocycles. The third-order valence-corrected chi connectivity index (χ3v) is 3.73. The molecule has 7 heteroatoms. The molecule has 0 aliphatic heterocycles. The number of carbonyl (C=O) groups excluding carboxylic acids is 1. The maximum absolute atomic E-state index is 12.4. The van der Waals surface area contributed by atoms with Crippen LogP contribution in [-0.2, 0) is 0 Å². The van der Waals surface area contributed by atoms with Crippen LogP contribution in [0.5, 0.6) is 23.0 Å². The van der Waals surface area contributed by atoms with Crippen molar-refractivity contribution in [3.8, 4) is 23.0 Å². The molecule has 2 aromatic carbocycles. The molecular formula is C22H26N2O5. The van der Waals surface area contributed by atoms with Crippen LogP contribution >= 0.6 is 0 Å². The van der Waals surface area contributed by atoms with E-state index in [2.05, 4.69) is 17.1 Å². The Labute approximate surface area is 170 Å². The predicted octanol–water partition coefficient (Wildman–Crippen LogP) is 3.82. The van der Waals surface area contributed by atoms with Crippen molar-refractivity contribution in [1.82, 2.24) is 5.43 Å². The van der Waals surface area contributed by atoms with E-state index >= 15 is 0 Å². The van der Waals surface area contributed by atoms with E-state index in [-0.39, 0.29) is 5.91 Å². The van der Waals surface area contributed by atoms with Gasteiger partial charge in [-0.25, -0.2) is 5.43 Å². The van der Waals surface area contributed by atoms with Crippen LogP contribution in [0.3, 0.4) is 0 Å². The van der Waals surface area contributed by atoms with Gasteiger partial charge in [0.25, 0.3) is 5.91 Å². The molecular weight excluding hydrogens is 372 g/mol. The van der Waals surface area contributed by atoms with Crippen LogP contribution in [0.25, 0.3) is 0 Å². The molecule has 1 amide bonds. The van der Waals surface area contributed by atoms with Crippen LogP contribution in [0.4, 0.5) is 0 Å². The van der Waals surface area contributed by atoms with Gasteiger partial charge in [0.05, 0.1) is 26.5 Å². The Morgan fingerprint density at radius 2 is 1.69 bits per heavy atom. The molecule has 0 heterocycles. The summed E-state index contributed by atoms with van der Waals surface area (Å²) in [5.41, 5.74) is 3.67. The number of hydrazone groups is 1. The Morgan fingerprint density at radius 1 is 1.00 bits per heavy atom. The Kier molecular flexibility index (Phi) is 8.56. The molecule has 2 aromatic rings. The average molecular weight is 398 g/mol. The molecule has 0 aliphatic rings. The molecule has 0 aliphatic carbocycles. The lowest BCUT2D eigenvalue weighted by atomic mass is 10.2. The van der Waals surface area contributed by atoms with E-state index in [1.165, 1.54) is 6.21 Å². The predicted molar refractivity (Wildman–Crippen MR) is 113 cm³/mol. The topological polar surface area (TPSA) is 78.4 Å². The lowest BCUT2D eigenvalue weighted by molar-refractivity contribution is 0.0954. The van der Waals surface area contributed by atoms with E-state index in [4.69, 9.17) is 18.9 Å². The maximum atomic E-state index is 12.4. The Bertz CT molecular complexity index is 864. The molecule has 0 atom stereocenters. The van der Waals surface area contributed by atoms with Crippen molar-refractivity contribution in [1.29, 1.82) is 0 Å². The summed E-state index contributed by atoms with van der Waals surface area (Å²) in [5.74, 6) is 1.92. The van der Waals surface area contributed by atoms with E-state index < -0.39 is 0 Å². The zero-order chi connectivity index (χ0) is 21.1. The van der Waals surface area contributed by atoms with Crippen LogP contribution in [0.15, 0.2) is 54.2 Å². The van der Waals surface area contributed by atoms with Gasteiger partial charge in [-0.1, -0.05) is 12.7 Å². The first-order valence-corrected chi connectivity index (χ1v) is 9.27. The minimum absolute atomic E-state index is 0.360. The van der Waals surface area contributed by atoms with E-state index in [0.717, 1.165) is 5.56 Å². The largest absolute Gasteiger partial charge is 0.493 e. The standard InChI is InChI=1S/C22H26N2O5/c1-5-12-29-19-10-8-16(13-20(19)27-6-2)15-23-24-22(25)17-9-11-18(26-4)21(14-17)28-7-3/h5,8-11,13-15H,1,6-7,12H2,2-4H3,(H,24,25)/b23-15+. The zero-order valence-corrected chi connectivity index (χ0v) is 16.9. The molecule has 29 heavy (non-hydrogen) atoms. The molecule has 0 fully saturated rings. The number of amides is 1. The second kappa shape index (κ2) is 11.4. The highest BCUT2D eigenvalue weighted by Crippen LogP contribution is 2.29. The lowest BCUT2D eigenvalue weighted by Gasteiger charge is -2.11. The molecule has 2 rings (SSSR count). The molecule has 0 unspecified atom stereocenters. The van der Waals surface area contributed by atoms with Gasteiger partial charge < -0.3 is 18.9 Å². The van der Waals surface area contributed by atoms with Gasteiger partial charge in [-0.3, -0.25) is 4.79 Å². The summed E-state index contributed by atoms with van der Waals surface area (Å²) in [6, 6.07) is 10.3. The third kappa shape index (κ3) is 6.27. The molecule has 0 bridgehead atoms. The van der Waals surface area contributed by atoms with Gasteiger partial charge >= 0.3 is 0 Å². The number of hydrogen-bond acceptors (Lipinski definition) is 6. The van der Waals surface area contributed by atoms with Gasteiger partial charge in [0.2, 0.25) is 0 Å². The fraction of sp³-hybridized carbons (Fsp3) is 0.273. The minimum atomic E-state index is -0.360. The van der Waals surface area contributed by atoms with Crippen molar-refractivity contribution in [2.45, 2.75) is 13.8 Å². The van der Waals surface area contributed by atoms with Crippen LogP contribution in [0, 0.1) is 0 Å². The molecule has 0 saturated heterocycles. The van der Waals surface area contributed by atoms with Crippen molar-refractivity contribution in [2.75, 3.05) is 26.9 Å². The Hall–Kier alpha value is -3.48. The Morgan fingerprint density at radius 3 is 2.34 bits per heavy atom. The summed E-state index contributed by atoms with van der Waals surface area (Å²) in [6.07, 6.45) is 3.20. The molecule has 0 saturated carbocycles. The highest BCUT2D eigenvalue weighted by atomic mass is 16.5. The van der Waals surface area contributed by atoms with Crippen molar-refractivity contribution >= 4 is 12.1 Å². The smallest absolute Gasteiger partial charge is 0.271 e. The van der Waals surface area contributed by atoms with Gasteiger partial charge in [0.1, 0.15) is 6.61 Å². The van der Waals surface area contributed by atoms with E-state index in [1.807, 2.05) is 19.9 Å².